The number of nitro groups is 1. The van der Waals surface area contributed by atoms with Crippen molar-refractivity contribution in [3.05, 3.63) is 92.3 Å². The fraction of sp³-hybridized carbons (Fsp3) is 0.419. The number of nitrogens with one attached hydrogen (secondary N) is 1. The van der Waals surface area contributed by atoms with Crippen molar-refractivity contribution >= 4 is 17.6 Å². The molecular formula is C31H38N2O9. The fourth-order valence-electron chi connectivity index (χ4n) is 4.55. The molecule has 11 nitrogen and oxygen atoms in total. The summed E-state index contributed by atoms with van der Waals surface area (Å²) in [5.74, 6) is -1.50. The Bertz CT molecular complexity index is 1300. The Labute approximate surface area is 245 Å². The molecule has 1 N–H and O–H groups in total. The van der Waals surface area contributed by atoms with Gasteiger partial charge in [0.1, 0.15) is 12.5 Å². The highest BCUT2D eigenvalue weighted by atomic mass is 16.7. The fourth-order valence-corrected chi connectivity index (χ4v) is 4.55. The molecule has 0 bridgehead atoms. The van der Waals surface area contributed by atoms with Crippen molar-refractivity contribution in [2.24, 2.45) is 0 Å². The maximum Gasteiger partial charge on any atom is 0.336 e. The van der Waals surface area contributed by atoms with Crippen LogP contribution in [0.15, 0.2) is 71.1 Å². The van der Waals surface area contributed by atoms with E-state index in [-0.39, 0.29) is 23.4 Å². The molecule has 2 aromatic carbocycles. The van der Waals surface area contributed by atoms with Crippen LogP contribution >= 0.6 is 0 Å². The van der Waals surface area contributed by atoms with Crippen LogP contribution in [-0.4, -0.2) is 57.2 Å². The summed E-state index contributed by atoms with van der Waals surface area (Å²) in [4.78, 5) is 37.0. The predicted molar refractivity (Wildman–Crippen MR) is 155 cm³/mol. The average Bonchev–Trinajstić information content (AvgIpc) is 2.98. The van der Waals surface area contributed by atoms with Crippen LogP contribution in [0.25, 0.3) is 0 Å². The second-order valence-electron chi connectivity index (χ2n) is 9.65. The van der Waals surface area contributed by atoms with Crippen LogP contribution in [0.4, 0.5) is 5.69 Å². The van der Waals surface area contributed by atoms with Crippen LogP contribution in [0.1, 0.15) is 50.7 Å². The summed E-state index contributed by atoms with van der Waals surface area (Å²) in [6.45, 7) is 7.37. The number of carbonyl (C=O) groups excluding carboxylic acids is 2. The number of non-ortho nitro benzene ring substituents is 1. The van der Waals surface area contributed by atoms with Crippen LogP contribution < -0.4 is 10.1 Å². The van der Waals surface area contributed by atoms with E-state index in [0.29, 0.717) is 55.7 Å². The van der Waals surface area contributed by atoms with Crippen molar-refractivity contribution in [1.29, 1.82) is 0 Å². The lowest BCUT2D eigenvalue weighted by atomic mass is 9.80. The van der Waals surface area contributed by atoms with Gasteiger partial charge in [-0.05, 0) is 49.9 Å². The van der Waals surface area contributed by atoms with Crippen molar-refractivity contribution < 1.29 is 38.2 Å². The molecule has 0 aliphatic carbocycles. The minimum Gasteiger partial charge on any atom is -0.493 e. The van der Waals surface area contributed by atoms with E-state index in [9.17, 15) is 19.7 Å². The first-order chi connectivity index (χ1) is 20.3. The standard InChI is InChI=1S/C31H38N2O9/c1-5-15-39-20-40-18-14-23-10-12-26(13-11-23)41-16-7-17-42-31(35)28-22(3)32-21(2)27(30(34)38-4)29(28)24-8-6-9-25(19-24)33(36)37/h6,8-13,19,29,32H,5,7,14-18,20H2,1-4H3/t29-/m0/s1. The van der Waals surface area contributed by atoms with Gasteiger partial charge in [-0.2, -0.15) is 0 Å². The molecule has 42 heavy (non-hydrogen) atoms. The molecule has 0 saturated heterocycles. The number of nitrogens with zero attached hydrogens (tertiary/aromatic N) is 1. The van der Waals surface area contributed by atoms with Gasteiger partial charge in [0, 0.05) is 36.6 Å². The summed E-state index contributed by atoms with van der Waals surface area (Å²) >= 11 is 0. The van der Waals surface area contributed by atoms with Crippen molar-refractivity contribution in [2.45, 2.75) is 46.0 Å². The van der Waals surface area contributed by atoms with Crippen molar-refractivity contribution in [1.82, 2.24) is 5.32 Å². The van der Waals surface area contributed by atoms with Gasteiger partial charge in [-0.3, -0.25) is 10.1 Å². The highest BCUT2D eigenvalue weighted by Crippen LogP contribution is 2.40. The monoisotopic (exact) mass is 582 g/mol. The van der Waals surface area contributed by atoms with E-state index in [1.165, 1.54) is 25.3 Å². The van der Waals surface area contributed by atoms with E-state index in [1.807, 2.05) is 31.2 Å². The first-order valence-corrected chi connectivity index (χ1v) is 13.8. The van der Waals surface area contributed by atoms with Crippen LogP contribution in [-0.2, 0) is 35.0 Å². The highest BCUT2D eigenvalue weighted by Gasteiger charge is 2.38. The molecular weight excluding hydrogens is 544 g/mol. The molecule has 11 heteroatoms. The van der Waals surface area contributed by atoms with Crippen LogP contribution in [0.2, 0.25) is 0 Å². The molecule has 2 aromatic rings. The minimum atomic E-state index is -0.907. The Morgan fingerprint density at radius 3 is 2.29 bits per heavy atom. The number of dihydropyridines is 1. The Kier molecular flexibility index (Phi) is 12.5. The third-order valence-electron chi connectivity index (χ3n) is 6.56. The van der Waals surface area contributed by atoms with Gasteiger partial charge >= 0.3 is 11.9 Å². The number of allylic oxidation sites excluding steroid dienone is 2. The van der Waals surface area contributed by atoms with Gasteiger partial charge in [0.2, 0.25) is 0 Å². The molecule has 3 rings (SSSR count). The van der Waals surface area contributed by atoms with Gasteiger partial charge in [0.15, 0.2) is 0 Å². The lowest BCUT2D eigenvalue weighted by Crippen LogP contribution is -2.32. The van der Waals surface area contributed by atoms with Gasteiger partial charge in [-0.15, -0.1) is 0 Å². The maximum atomic E-state index is 13.3. The van der Waals surface area contributed by atoms with Gasteiger partial charge in [0.05, 0.1) is 48.9 Å². The SMILES string of the molecule is CCCOCOCCc1ccc(OCCCOC(=O)C2=C(C)NC(C)=C(C(=O)OC)[C@@H]2c2cccc([N+](=O)[O-])c2)cc1. The van der Waals surface area contributed by atoms with Gasteiger partial charge in [0.25, 0.3) is 5.69 Å². The molecule has 1 atom stereocenters. The highest BCUT2D eigenvalue weighted by molar-refractivity contribution is 5.99. The number of nitro benzene ring substituents is 1. The molecule has 0 aromatic heterocycles. The van der Waals surface area contributed by atoms with Crippen LogP contribution in [0, 0.1) is 10.1 Å². The normalized spacial score (nSPS) is 14.8. The Hall–Kier alpha value is -4.22. The number of hydrogen-bond donors (Lipinski definition) is 1. The molecule has 226 valence electrons. The summed E-state index contributed by atoms with van der Waals surface area (Å²) in [5.41, 5.74) is 2.69. The second-order valence-corrected chi connectivity index (χ2v) is 9.65. The zero-order valence-corrected chi connectivity index (χ0v) is 24.5. The largest absolute Gasteiger partial charge is 0.493 e. The number of hydrogen-bond acceptors (Lipinski definition) is 10. The van der Waals surface area contributed by atoms with Crippen molar-refractivity contribution in [2.75, 3.05) is 40.3 Å². The van der Waals surface area contributed by atoms with E-state index < -0.39 is 22.8 Å². The summed E-state index contributed by atoms with van der Waals surface area (Å²) < 4.78 is 27.1. The molecule has 0 radical (unpaired) electrons. The van der Waals surface area contributed by atoms with Gasteiger partial charge in [-0.25, -0.2) is 9.59 Å². The number of esters is 2. The van der Waals surface area contributed by atoms with E-state index >= 15 is 0 Å². The third kappa shape index (κ3) is 8.89. The smallest absolute Gasteiger partial charge is 0.336 e. The molecule has 0 saturated carbocycles. The van der Waals surface area contributed by atoms with E-state index in [4.69, 9.17) is 23.7 Å². The molecule has 1 heterocycles. The number of ether oxygens (including phenoxy) is 5. The summed E-state index contributed by atoms with van der Waals surface area (Å²) in [7, 11) is 1.24. The maximum absolute atomic E-state index is 13.3. The lowest BCUT2D eigenvalue weighted by molar-refractivity contribution is -0.384. The van der Waals surface area contributed by atoms with Crippen LogP contribution in [0.3, 0.4) is 0 Å². The quantitative estimate of drug-likeness (QED) is 0.0951. The molecule has 0 unspecified atom stereocenters. The summed E-state index contributed by atoms with van der Waals surface area (Å²) in [6.07, 6.45) is 2.15. The number of benzene rings is 2. The van der Waals surface area contributed by atoms with E-state index in [1.54, 1.807) is 19.9 Å². The first-order valence-electron chi connectivity index (χ1n) is 13.8. The lowest BCUT2D eigenvalue weighted by Gasteiger charge is -2.30. The zero-order chi connectivity index (χ0) is 30.5. The Balaban J connectivity index is 1.57. The van der Waals surface area contributed by atoms with E-state index in [0.717, 1.165) is 18.4 Å². The second kappa shape index (κ2) is 16.3. The average molecular weight is 583 g/mol. The Morgan fingerprint density at radius 1 is 0.929 bits per heavy atom. The molecule has 0 amide bonds. The molecule has 1 aliphatic rings. The summed E-state index contributed by atoms with van der Waals surface area (Å²) in [5, 5.41) is 14.5. The summed E-state index contributed by atoms with van der Waals surface area (Å²) in [6, 6.07) is 13.5. The number of rotatable bonds is 16. The van der Waals surface area contributed by atoms with Gasteiger partial charge in [-0.1, -0.05) is 31.2 Å². The topological polar surface area (TPSA) is 135 Å². The third-order valence-corrected chi connectivity index (χ3v) is 6.56. The minimum absolute atomic E-state index is 0.0725. The van der Waals surface area contributed by atoms with Crippen LogP contribution in [0.5, 0.6) is 5.75 Å². The predicted octanol–water partition coefficient (Wildman–Crippen LogP) is 4.96. The van der Waals surface area contributed by atoms with E-state index in [2.05, 4.69) is 5.32 Å². The number of methoxy groups -OCH3 is 1. The number of carbonyl (C=O) groups is 2. The zero-order valence-electron chi connectivity index (χ0n) is 24.5. The van der Waals surface area contributed by atoms with Gasteiger partial charge < -0.3 is 29.0 Å². The van der Waals surface area contributed by atoms with Crippen molar-refractivity contribution in [3.8, 4) is 5.75 Å². The molecule has 0 fully saturated rings. The molecule has 1 aliphatic heterocycles. The molecule has 0 spiro atoms. The van der Waals surface area contributed by atoms with Crippen molar-refractivity contribution in [3.63, 3.8) is 0 Å². The Morgan fingerprint density at radius 2 is 1.62 bits per heavy atom. The first kappa shape index (κ1) is 32.3.